The predicted molar refractivity (Wildman–Crippen MR) is 29.9 cm³/mol. The summed E-state index contributed by atoms with van der Waals surface area (Å²) in [7, 11) is 0. The molecule has 0 fully saturated rings. The Labute approximate surface area is 41.7 Å². The zero-order chi connectivity index (χ0) is 4.12. The van der Waals surface area contributed by atoms with E-state index in [2.05, 4.69) is 12.6 Å². The van der Waals surface area contributed by atoms with Gasteiger partial charge in [0.2, 0.25) is 0 Å². The van der Waals surface area contributed by atoms with Crippen molar-refractivity contribution in [2.45, 2.75) is 0 Å². The van der Waals surface area contributed by atoms with Crippen LogP contribution in [0.15, 0.2) is 0 Å². The Morgan fingerprint density at radius 1 is 2.00 bits per heavy atom. The molecule has 0 rings (SSSR count). The van der Waals surface area contributed by atoms with Gasteiger partial charge in [0.15, 0.2) is 0 Å². The second-order valence-electron chi connectivity index (χ2n) is 0.439. The van der Waals surface area contributed by atoms with Gasteiger partial charge < -0.3 is 5.73 Å². The van der Waals surface area contributed by atoms with E-state index in [9.17, 15) is 0 Å². The van der Waals surface area contributed by atoms with Crippen molar-refractivity contribution < 1.29 is 0 Å². The van der Waals surface area contributed by atoms with E-state index in [4.69, 9.17) is 5.73 Å². The lowest BCUT2D eigenvalue weighted by Crippen LogP contribution is -1.88. The van der Waals surface area contributed by atoms with Gasteiger partial charge in [0.1, 0.15) is 0 Å². The molecule has 0 aromatic heterocycles. The lowest BCUT2D eigenvalue weighted by molar-refractivity contribution is 1.41. The molecule has 0 aliphatic heterocycles. The van der Waals surface area contributed by atoms with Gasteiger partial charge in [-0.3, -0.25) is 0 Å². The number of nitrogens with two attached hydrogens (primary N) is 1. The highest BCUT2D eigenvalue weighted by molar-refractivity contribution is 8.12. The van der Waals surface area contributed by atoms with Crippen LogP contribution in [0, 0.1) is 5.08 Å². The average Bonchev–Trinajstić information content (AvgIpc) is 1.41. The Morgan fingerprint density at radius 2 is 2.60 bits per heavy atom. The molecule has 31 valence electrons. The topological polar surface area (TPSA) is 26.0 Å². The highest BCUT2D eigenvalue weighted by Gasteiger charge is 1.68. The predicted octanol–water partition coefficient (Wildman–Crippen LogP) is 0.685. The lowest BCUT2D eigenvalue weighted by atomic mass is 11.5. The largest absolute Gasteiger partial charge is 0.322 e. The second-order valence-corrected chi connectivity index (χ2v) is 1.95. The molecule has 0 saturated heterocycles. The molecule has 1 radical (unpaired) electrons. The molecule has 0 aromatic carbocycles. The average molecular weight is 108 g/mol. The van der Waals surface area contributed by atoms with Crippen molar-refractivity contribution in [3.8, 4) is 0 Å². The third-order valence-electron chi connectivity index (χ3n) is 0.171. The Kier molecular flexibility index (Phi) is 5.28. The molecular weight excluding hydrogens is 102 g/mol. The fourth-order valence-corrected chi connectivity index (χ4v) is 0.387. The Morgan fingerprint density at radius 3 is 2.60 bits per heavy atom. The van der Waals surface area contributed by atoms with Crippen molar-refractivity contribution in [1.82, 2.24) is 0 Å². The summed E-state index contributed by atoms with van der Waals surface area (Å²) < 4.78 is 0. The SMILES string of the molecule is NCS[CH]S. The highest BCUT2D eigenvalue weighted by atomic mass is 32.2. The molecule has 0 aliphatic rings. The van der Waals surface area contributed by atoms with E-state index in [0.717, 1.165) is 0 Å². The van der Waals surface area contributed by atoms with Crippen LogP contribution in [-0.2, 0) is 0 Å². The van der Waals surface area contributed by atoms with Gasteiger partial charge in [0, 0.05) is 5.88 Å². The number of thioether (sulfide) groups is 1. The van der Waals surface area contributed by atoms with Crippen LogP contribution >= 0.6 is 24.4 Å². The summed E-state index contributed by atoms with van der Waals surface area (Å²) in [5.74, 6) is 0.628. The summed E-state index contributed by atoms with van der Waals surface area (Å²) in [6, 6.07) is 0. The van der Waals surface area contributed by atoms with Crippen LogP contribution in [0.3, 0.4) is 0 Å². The lowest BCUT2D eigenvalue weighted by Gasteiger charge is -1.79. The first-order valence-corrected chi connectivity index (χ1v) is 2.76. The zero-order valence-electron chi connectivity index (χ0n) is 2.72. The summed E-state index contributed by atoms with van der Waals surface area (Å²) in [5.41, 5.74) is 5.02. The van der Waals surface area contributed by atoms with E-state index in [-0.39, 0.29) is 0 Å². The molecule has 2 N–H and O–H groups in total. The molecule has 5 heavy (non-hydrogen) atoms. The number of hydrogen-bond acceptors (Lipinski definition) is 3. The normalized spacial score (nSPS) is 8.40. The van der Waals surface area contributed by atoms with E-state index >= 15 is 0 Å². The van der Waals surface area contributed by atoms with Gasteiger partial charge in [-0.25, -0.2) is 0 Å². The summed E-state index contributed by atoms with van der Waals surface area (Å²) in [5, 5.41) is 1.67. The standard InChI is InChI=1S/C2H6NS2/c3-1-5-2-4/h2,4H,1,3H2. The minimum atomic E-state index is 0.628. The van der Waals surface area contributed by atoms with Crippen molar-refractivity contribution in [3.05, 3.63) is 5.08 Å². The van der Waals surface area contributed by atoms with Crippen LogP contribution in [0.4, 0.5) is 0 Å². The number of rotatable bonds is 2. The minimum Gasteiger partial charge on any atom is -0.322 e. The van der Waals surface area contributed by atoms with E-state index in [1.807, 2.05) is 0 Å². The molecule has 0 aromatic rings. The third-order valence-corrected chi connectivity index (χ3v) is 0.959. The number of thiol groups is 1. The zero-order valence-corrected chi connectivity index (χ0v) is 4.43. The minimum absolute atomic E-state index is 0.628. The van der Waals surface area contributed by atoms with Gasteiger partial charge >= 0.3 is 0 Å². The van der Waals surface area contributed by atoms with Gasteiger partial charge in [0.05, 0.1) is 5.08 Å². The van der Waals surface area contributed by atoms with E-state index in [1.165, 1.54) is 11.8 Å². The van der Waals surface area contributed by atoms with Gasteiger partial charge in [0.25, 0.3) is 0 Å². The fraction of sp³-hybridized carbons (Fsp3) is 0.500. The molecule has 0 aliphatic carbocycles. The molecule has 0 bridgehead atoms. The first kappa shape index (κ1) is 5.66. The van der Waals surface area contributed by atoms with Crippen LogP contribution in [0.5, 0.6) is 0 Å². The van der Waals surface area contributed by atoms with Crippen LogP contribution in [0.25, 0.3) is 0 Å². The fourth-order valence-electron chi connectivity index (χ4n) is 0.0430. The molecule has 0 atom stereocenters. The van der Waals surface area contributed by atoms with Crippen molar-refractivity contribution >= 4 is 24.4 Å². The molecule has 0 amide bonds. The van der Waals surface area contributed by atoms with E-state index in [1.54, 1.807) is 5.08 Å². The van der Waals surface area contributed by atoms with Crippen LogP contribution < -0.4 is 5.73 Å². The Hall–Kier alpha value is 0.660. The molecule has 0 heterocycles. The summed E-state index contributed by atoms with van der Waals surface area (Å²) >= 11 is 5.24. The van der Waals surface area contributed by atoms with E-state index in [0.29, 0.717) is 5.88 Å². The first-order chi connectivity index (χ1) is 2.41. The van der Waals surface area contributed by atoms with E-state index < -0.39 is 0 Å². The summed E-state index contributed by atoms with van der Waals surface area (Å²) in [6.07, 6.45) is 0. The van der Waals surface area contributed by atoms with Gasteiger partial charge in [-0.1, -0.05) is 0 Å². The maximum Gasteiger partial charge on any atom is 0.0693 e. The summed E-state index contributed by atoms with van der Waals surface area (Å²) in [4.78, 5) is 0. The highest BCUT2D eigenvalue weighted by Crippen LogP contribution is 2.01. The maximum atomic E-state index is 5.02. The van der Waals surface area contributed by atoms with Crippen molar-refractivity contribution in [2.75, 3.05) is 5.88 Å². The van der Waals surface area contributed by atoms with Crippen LogP contribution in [0.1, 0.15) is 0 Å². The third kappa shape index (κ3) is 4.66. The van der Waals surface area contributed by atoms with Crippen molar-refractivity contribution in [2.24, 2.45) is 5.73 Å². The molecule has 0 unspecified atom stereocenters. The number of hydrogen-bond donors (Lipinski definition) is 2. The molecule has 0 spiro atoms. The molecule has 3 heteroatoms. The van der Waals surface area contributed by atoms with Crippen molar-refractivity contribution in [1.29, 1.82) is 0 Å². The van der Waals surface area contributed by atoms with Gasteiger partial charge in [-0.2, -0.15) is 12.6 Å². The first-order valence-electron chi connectivity index (χ1n) is 1.19. The monoisotopic (exact) mass is 108 g/mol. The second kappa shape index (κ2) is 4.66. The van der Waals surface area contributed by atoms with Gasteiger partial charge in [-0.05, 0) is 0 Å². The van der Waals surface area contributed by atoms with Crippen LogP contribution in [-0.4, -0.2) is 5.88 Å². The molecule has 1 nitrogen and oxygen atoms in total. The summed E-state index contributed by atoms with van der Waals surface area (Å²) in [6.45, 7) is 0. The maximum absolute atomic E-state index is 5.02. The van der Waals surface area contributed by atoms with Crippen molar-refractivity contribution in [3.63, 3.8) is 0 Å². The Balaban J connectivity index is 2.19. The van der Waals surface area contributed by atoms with Crippen LogP contribution in [0.2, 0.25) is 0 Å². The molecule has 0 saturated carbocycles. The molecular formula is C2H6NS2. The smallest absolute Gasteiger partial charge is 0.0693 e. The van der Waals surface area contributed by atoms with Gasteiger partial charge in [-0.15, -0.1) is 11.8 Å². The quantitative estimate of drug-likeness (QED) is 0.402. The Bertz CT molecular complexity index is 15.1.